The number of hydrogen-bond acceptors (Lipinski definition) is 3. The molecule has 0 aliphatic heterocycles. The van der Waals surface area contributed by atoms with E-state index in [9.17, 15) is 4.79 Å². The summed E-state index contributed by atoms with van der Waals surface area (Å²) >= 11 is 0. The van der Waals surface area contributed by atoms with E-state index < -0.39 is 0 Å². The van der Waals surface area contributed by atoms with E-state index in [-0.39, 0.29) is 11.9 Å². The van der Waals surface area contributed by atoms with Crippen LogP contribution in [-0.2, 0) is 17.6 Å². The van der Waals surface area contributed by atoms with Gasteiger partial charge in [-0.25, -0.2) is 0 Å². The van der Waals surface area contributed by atoms with Gasteiger partial charge >= 0.3 is 0 Å². The third-order valence-electron chi connectivity index (χ3n) is 3.94. The standard InChI is InChI=1S/C17H20N2O2/c1-11(10-21-2)18-17(20)16-12-6-3-4-8-14(12)19-15-9-5-7-13(15)16/h3-4,6,8,11H,5,7,9-10H2,1-2H3,(H,18,20)/t11-/m0/s1. The second-order valence-electron chi connectivity index (χ2n) is 5.61. The van der Waals surface area contributed by atoms with Gasteiger partial charge in [-0.1, -0.05) is 18.2 Å². The molecule has 1 aliphatic carbocycles. The van der Waals surface area contributed by atoms with Crippen molar-refractivity contribution >= 4 is 16.8 Å². The summed E-state index contributed by atoms with van der Waals surface area (Å²) in [5.74, 6) is -0.0173. The van der Waals surface area contributed by atoms with Crippen LogP contribution >= 0.6 is 0 Å². The Morgan fingerprint density at radius 3 is 3.00 bits per heavy atom. The SMILES string of the molecule is COC[C@H](C)NC(=O)c1c2c(nc3ccccc13)CCC2. The maximum absolute atomic E-state index is 12.7. The zero-order chi connectivity index (χ0) is 14.8. The summed E-state index contributed by atoms with van der Waals surface area (Å²) in [6.45, 7) is 2.46. The Labute approximate surface area is 124 Å². The van der Waals surface area contributed by atoms with E-state index in [0.717, 1.165) is 47.0 Å². The van der Waals surface area contributed by atoms with E-state index >= 15 is 0 Å². The van der Waals surface area contributed by atoms with Crippen LogP contribution in [0.5, 0.6) is 0 Å². The summed E-state index contributed by atoms with van der Waals surface area (Å²) in [7, 11) is 1.64. The number of rotatable bonds is 4. The smallest absolute Gasteiger partial charge is 0.252 e. The summed E-state index contributed by atoms with van der Waals surface area (Å²) in [6, 6.07) is 7.87. The lowest BCUT2D eigenvalue weighted by Crippen LogP contribution is -2.36. The number of nitrogens with one attached hydrogen (secondary N) is 1. The maximum Gasteiger partial charge on any atom is 0.252 e. The monoisotopic (exact) mass is 284 g/mol. The van der Waals surface area contributed by atoms with E-state index in [1.807, 2.05) is 31.2 Å². The van der Waals surface area contributed by atoms with Crippen molar-refractivity contribution < 1.29 is 9.53 Å². The molecule has 0 spiro atoms. The lowest BCUT2D eigenvalue weighted by Gasteiger charge is -2.16. The van der Waals surface area contributed by atoms with E-state index in [2.05, 4.69) is 5.32 Å². The fraction of sp³-hybridized carbons (Fsp3) is 0.412. The number of aryl methyl sites for hydroxylation is 1. The number of aromatic nitrogens is 1. The molecule has 4 heteroatoms. The van der Waals surface area contributed by atoms with Gasteiger partial charge in [0.15, 0.2) is 0 Å². The number of methoxy groups -OCH3 is 1. The van der Waals surface area contributed by atoms with Gasteiger partial charge < -0.3 is 10.1 Å². The lowest BCUT2D eigenvalue weighted by molar-refractivity contribution is 0.0906. The highest BCUT2D eigenvalue weighted by Gasteiger charge is 2.24. The van der Waals surface area contributed by atoms with Gasteiger partial charge in [0, 0.05) is 24.2 Å². The fourth-order valence-electron chi connectivity index (χ4n) is 3.06. The number of pyridine rings is 1. The Balaban J connectivity index is 2.06. The maximum atomic E-state index is 12.7. The lowest BCUT2D eigenvalue weighted by atomic mass is 10.0. The number of carbonyl (C=O) groups excluding carboxylic acids is 1. The molecule has 1 atom stereocenters. The molecule has 0 unspecified atom stereocenters. The number of fused-ring (bicyclic) bond motifs is 2. The molecule has 1 N–H and O–H groups in total. The van der Waals surface area contributed by atoms with Crippen molar-refractivity contribution in [2.24, 2.45) is 0 Å². The molecule has 0 radical (unpaired) electrons. The molecule has 0 saturated carbocycles. The van der Waals surface area contributed by atoms with Crippen LogP contribution in [0.25, 0.3) is 10.9 Å². The summed E-state index contributed by atoms with van der Waals surface area (Å²) in [6.07, 6.45) is 2.98. The van der Waals surface area contributed by atoms with Crippen LogP contribution in [0.1, 0.15) is 35.0 Å². The molecule has 4 nitrogen and oxygen atoms in total. The topological polar surface area (TPSA) is 51.2 Å². The highest BCUT2D eigenvalue weighted by molar-refractivity contribution is 6.07. The van der Waals surface area contributed by atoms with Crippen molar-refractivity contribution in [3.8, 4) is 0 Å². The number of nitrogens with zero attached hydrogens (tertiary/aromatic N) is 1. The van der Waals surface area contributed by atoms with Crippen molar-refractivity contribution in [2.45, 2.75) is 32.2 Å². The third-order valence-corrected chi connectivity index (χ3v) is 3.94. The molecule has 0 fully saturated rings. The van der Waals surface area contributed by atoms with E-state index in [0.29, 0.717) is 6.61 Å². The Morgan fingerprint density at radius 1 is 1.38 bits per heavy atom. The van der Waals surface area contributed by atoms with Crippen molar-refractivity contribution in [2.75, 3.05) is 13.7 Å². The first-order chi connectivity index (χ1) is 10.2. The Hall–Kier alpha value is -1.94. The quantitative estimate of drug-likeness (QED) is 0.938. The van der Waals surface area contributed by atoms with E-state index in [1.54, 1.807) is 7.11 Å². The first-order valence-corrected chi connectivity index (χ1v) is 7.41. The van der Waals surface area contributed by atoms with Crippen LogP contribution in [0, 0.1) is 0 Å². The number of para-hydroxylation sites is 1. The van der Waals surface area contributed by atoms with Gasteiger partial charge in [-0.3, -0.25) is 9.78 Å². The van der Waals surface area contributed by atoms with E-state index in [1.165, 1.54) is 0 Å². The molecule has 110 valence electrons. The molecule has 0 saturated heterocycles. The fourth-order valence-corrected chi connectivity index (χ4v) is 3.06. The Morgan fingerprint density at radius 2 is 2.19 bits per heavy atom. The van der Waals surface area contributed by atoms with Gasteiger partial charge in [0.05, 0.1) is 17.7 Å². The number of amides is 1. The Kier molecular flexibility index (Phi) is 3.88. The molecule has 0 bridgehead atoms. The number of ether oxygens (including phenoxy) is 1. The minimum atomic E-state index is -0.0173. The highest BCUT2D eigenvalue weighted by atomic mass is 16.5. The van der Waals surface area contributed by atoms with Crippen LogP contribution in [0.15, 0.2) is 24.3 Å². The average molecular weight is 284 g/mol. The molecule has 2 aromatic rings. The van der Waals surface area contributed by atoms with Crippen LogP contribution < -0.4 is 5.32 Å². The van der Waals surface area contributed by atoms with Crippen LogP contribution in [0.4, 0.5) is 0 Å². The zero-order valence-corrected chi connectivity index (χ0v) is 12.5. The van der Waals surface area contributed by atoms with Crippen molar-refractivity contribution in [1.82, 2.24) is 10.3 Å². The molecule has 1 heterocycles. The van der Waals surface area contributed by atoms with Gasteiger partial charge in [0.2, 0.25) is 0 Å². The highest BCUT2D eigenvalue weighted by Crippen LogP contribution is 2.29. The van der Waals surface area contributed by atoms with Crippen LogP contribution in [-0.4, -0.2) is 30.6 Å². The van der Waals surface area contributed by atoms with Gasteiger partial charge in [-0.15, -0.1) is 0 Å². The first-order valence-electron chi connectivity index (χ1n) is 7.41. The summed E-state index contributed by atoms with van der Waals surface area (Å²) in [5.41, 5.74) is 3.91. The predicted molar refractivity (Wildman–Crippen MR) is 82.6 cm³/mol. The molecule has 3 rings (SSSR count). The predicted octanol–water partition coefficient (Wildman–Crippen LogP) is 2.49. The Bertz CT molecular complexity index is 682. The van der Waals surface area contributed by atoms with Gasteiger partial charge in [-0.2, -0.15) is 0 Å². The summed E-state index contributed by atoms with van der Waals surface area (Å²) in [5, 5.41) is 3.97. The second-order valence-corrected chi connectivity index (χ2v) is 5.61. The molecule has 21 heavy (non-hydrogen) atoms. The minimum absolute atomic E-state index is 0.00789. The normalized spacial score (nSPS) is 15.0. The van der Waals surface area contributed by atoms with Crippen molar-refractivity contribution in [3.63, 3.8) is 0 Å². The van der Waals surface area contributed by atoms with Crippen molar-refractivity contribution in [3.05, 3.63) is 41.1 Å². The largest absolute Gasteiger partial charge is 0.383 e. The first kappa shape index (κ1) is 14.0. The molecule has 1 amide bonds. The second kappa shape index (κ2) is 5.82. The number of hydrogen-bond donors (Lipinski definition) is 1. The summed E-state index contributed by atoms with van der Waals surface area (Å²) < 4.78 is 5.09. The third kappa shape index (κ3) is 2.63. The molecule has 1 aromatic heterocycles. The number of benzene rings is 1. The van der Waals surface area contributed by atoms with Gasteiger partial charge in [0.25, 0.3) is 5.91 Å². The minimum Gasteiger partial charge on any atom is -0.383 e. The van der Waals surface area contributed by atoms with Crippen molar-refractivity contribution in [1.29, 1.82) is 0 Å². The summed E-state index contributed by atoms with van der Waals surface area (Å²) in [4.78, 5) is 17.4. The molecule has 1 aromatic carbocycles. The van der Waals surface area contributed by atoms with E-state index in [4.69, 9.17) is 9.72 Å². The molecular weight excluding hydrogens is 264 g/mol. The van der Waals surface area contributed by atoms with Crippen LogP contribution in [0.2, 0.25) is 0 Å². The zero-order valence-electron chi connectivity index (χ0n) is 12.5. The molecular formula is C17H20N2O2. The van der Waals surface area contributed by atoms with Gasteiger partial charge in [-0.05, 0) is 37.8 Å². The average Bonchev–Trinajstić information content (AvgIpc) is 2.92. The van der Waals surface area contributed by atoms with Gasteiger partial charge in [0.1, 0.15) is 0 Å². The number of carbonyl (C=O) groups is 1. The molecule has 1 aliphatic rings. The van der Waals surface area contributed by atoms with Crippen LogP contribution in [0.3, 0.4) is 0 Å².